The molecule has 1 amide bonds. The Kier molecular flexibility index (Phi) is 6.07. The summed E-state index contributed by atoms with van der Waals surface area (Å²) < 4.78 is 21.8. The highest BCUT2D eigenvalue weighted by Gasteiger charge is 2.45. The summed E-state index contributed by atoms with van der Waals surface area (Å²) in [5.74, 6) is 0.499. The van der Waals surface area contributed by atoms with E-state index >= 15 is 0 Å². The number of ether oxygens (including phenoxy) is 1. The Hall–Kier alpha value is -3.67. The summed E-state index contributed by atoms with van der Waals surface area (Å²) in [6, 6.07) is 16.2. The number of carbonyl (C=O) groups is 1. The second-order valence-electron chi connectivity index (χ2n) is 10.4. The molecule has 2 atom stereocenters. The van der Waals surface area contributed by atoms with Crippen LogP contribution in [0.5, 0.6) is 5.75 Å². The lowest BCUT2D eigenvalue weighted by Gasteiger charge is -2.29. The number of hydrogen-bond acceptors (Lipinski definition) is 3. The number of nitrogens with zero attached hydrogens (tertiary/aromatic N) is 2. The fourth-order valence-electron chi connectivity index (χ4n) is 4.61. The van der Waals surface area contributed by atoms with Crippen LogP contribution in [0.2, 0.25) is 0 Å². The highest BCUT2D eigenvalue weighted by molar-refractivity contribution is 5.85. The fraction of sp³-hybridized carbons (Fsp3) is 0.333. The van der Waals surface area contributed by atoms with E-state index in [0.717, 1.165) is 40.6 Å². The first kappa shape index (κ1) is 24.0. The maximum absolute atomic E-state index is 13.4. The lowest BCUT2D eigenvalue weighted by molar-refractivity contribution is -0.127. The smallest absolute Gasteiger partial charge is 0.226 e. The lowest BCUT2D eigenvalue weighted by atomic mass is 9.93. The van der Waals surface area contributed by atoms with Gasteiger partial charge in [0.25, 0.3) is 0 Å². The van der Waals surface area contributed by atoms with Gasteiger partial charge in [0.2, 0.25) is 5.91 Å². The van der Waals surface area contributed by atoms with Crippen molar-refractivity contribution >= 4 is 16.8 Å². The van der Waals surface area contributed by atoms with Crippen LogP contribution in [0.3, 0.4) is 0 Å². The molecule has 1 heterocycles. The molecule has 0 bridgehead atoms. The summed E-state index contributed by atoms with van der Waals surface area (Å²) in [4.78, 5) is 12.9. The van der Waals surface area contributed by atoms with E-state index in [4.69, 9.17) is 4.74 Å². The average Bonchev–Trinajstić information content (AvgIpc) is 3.47. The number of aromatic nitrogens is 2. The van der Waals surface area contributed by atoms with E-state index in [2.05, 4.69) is 43.3 Å². The van der Waals surface area contributed by atoms with E-state index in [0.29, 0.717) is 5.75 Å². The van der Waals surface area contributed by atoms with Crippen LogP contribution in [0.25, 0.3) is 16.6 Å². The lowest BCUT2D eigenvalue weighted by Crippen LogP contribution is -2.42. The number of nitrogens with one attached hydrogen (secondary N) is 1. The molecule has 1 fully saturated rings. The molecule has 5 rings (SSSR count). The fourth-order valence-corrected chi connectivity index (χ4v) is 4.61. The van der Waals surface area contributed by atoms with Gasteiger partial charge in [0, 0.05) is 10.8 Å². The SMILES string of the molecule is Cc1cc(C)c(C(Oc2ccc3c(cnn3-c3ccc(F)cc3)c2)C(C)NC(=O)C2(C)CC2)cc1C. The second kappa shape index (κ2) is 9.08. The molecule has 6 heteroatoms. The van der Waals surface area contributed by atoms with E-state index in [1.165, 1.54) is 23.3 Å². The molecule has 5 nitrogen and oxygen atoms in total. The number of fused-ring (bicyclic) bond motifs is 1. The zero-order chi connectivity index (χ0) is 25.6. The van der Waals surface area contributed by atoms with Crippen LogP contribution in [0.4, 0.5) is 4.39 Å². The Bertz CT molecular complexity index is 1440. The zero-order valence-electron chi connectivity index (χ0n) is 21.4. The number of carbonyl (C=O) groups excluding carboxylic acids is 1. The number of halogens is 1. The minimum absolute atomic E-state index is 0.0844. The van der Waals surface area contributed by atoms with E-state index in [-0.39, 0.29) is 29.3 Å². The molecule has 1 aromatic heterocycles. The molecule has 1 aliphatic carbocycles. The van der Waals surface area contributed by atoms with Crippen molar-refractivity contribution in [3.63, 3.8) is 0 Å². The molecule has 186 valence electrons. The molecule has 0 saturated heterocycles. The van der Waals surface area contributed by atoms with Crippen molar-refractivity contribution in [1.29, 1.82) is 0 Å². The van der Waals surface area contributed by atoms with Crippen LogP contribution in [0.1, 0.15) is 55.0 Å². The molecule has 1 aliphatic rings. The van der Waals surface area contributed by atoms with E-state index in [1.807, 2.05) is 32.0 Å². The first-order chi connectivity index (χ1) is 17.1. The minimum atomic E-state index is -0.361. The summed E-state index contributed by atoms with van der Waals surface area (Å²) in [6.45, 7) is 10.3. The van der Waals surface area contributed by atoms with Gasteiger partial charge >= 0.3 is 0 Å². The summed E-state index contributed by atoms with van der Waals surface area (Å²) >= 11 is 0. The number of amides is 1. The topological polar surface area (TPSA) is 56.1 Å². The summed E-state index contributed by atoms with van der Waals surface area (Å²) in [7, 11) is 0. The van der Waals surface area contributed by atoms with Gasteiger partial charge in [-0.25, -0.2) is 9.07 Å². The molecular weight excluding hydrogens is 453 g/mol. The molecule has 1 saturated carbocycles. The van der Waals surface area contributed by atoms with E-state index in [1.54, 1.807) is 23.0 Å². The molecule has 0 aliphatic heterocycles. The van der Waals surface area contributed by atoms with Gasteiger partial charge in [-0.05, 0) is 105 Å². The van der Waals surface area contributed by atoms with Gasteiger partial charge in [0.1, 0.15) is 17.7 Å². The third kappa shape index (κ3) is 4.60. The molecule has 3 aromatic carbocycles. The van der Waals surface area contributed by atoms with E-state index in [9.17, 15) is 9.18 Å². The monoisotopic (exact) mass is 485 g/mol. The maximum atomic E-state index is 13.4. The molecule has 2 unspecified atom stereocenters. The largest absolute Gasteiger partial charge is 0.484 e. The Labute approximate surface area is 211 Å². The van der Waals surface area contributed by atoms with Gasteiger partial charge in [0.15, 0.2) is 0 Å². The molecule has 4 aromatic rings. The number of aryl methyl sites for hydroxylation is 3. The van der Waals surface area contributed by atoms with Gasteiger partial charge in [0.05, 0.1) is 23.4 Å². The van der Waals surface area contributed by atoms with Crippen molar-refractivity contribution in [3.05, 3.63) is 88.9 Å². The van der Waals surface area contributed by atoms with Crippen molar-refractivity contribution in [1.82, 2.24) is 15.1 Å². The van der Waals surface area contributed by atoms with Crippen LogP contribution in [-0.2, 0) is 4.79 Å². The minimum Gasteiger partial charge on any atom is -0.484 e. The highest BCUT2D eigenvalue weighted by Crippen LogP contribution is 2.45. The van der Waals surface area contributed by atoms with Crippen molar-refractivity contribution in [2.24, 2.45) is 5.41 Å². The standard InChI is InChI=1S/C30H32FN3O2/c1-18-14-20(3)26(15-19(18)2)28(21(4)33-29(35)30(5)12-13-30)36-25-10-11-27-22(16-25)17-32-34(27)24-8-6-23(31)7-9-24/h6-11,14-17,21,28H,12-13H2,1-5H3,(H,33,35). The number of hydrogen-bond donors (Lipinski definition) is 1. The summed E-state index contributed by atoms with van der Waals surface area (Å²) in [5.41, 5.74) is 6.04. The summed E-state index contributed by atoms with van der Waals surface area (Å²) in [6.07, 6.45) is 3.27. The van der Waals surface area contributed by atoms with Crippen LogP contribution in [-0.4, -0.2) is 21.7 Å². The quantitative estimate of drug-likeness (QED) is 0.324. The third-order valence-electron chi connectivity index (χ3n) is 7.42. The Morgan fingerprint density at radius 2 is 1.72 bits per heavy atom. The van der Waals surface area contributed by atoms with Gasteiger partial charge < -0.3 is 10.1 Å². The Morgan fingerprint density at radius 1 is 1.03 bits per heavy atom. The predicted molar refractivity (Wildman–Crippen MR) is 140 cm³/mol. The molecular formula is C30H32FN3O2. The van der Waals surface area contributed by atoms with Crippen molar-refractivity contribution < 1.29 is 13.9 Å². The number of rotatable bonds is 7. The van der Waals surface area contributed by atoms with Gasteiger partial charge in [-0.3, -0.25) is 4.79 Å². The van der Waals surface area contributed by atoms with Crippen LogP contribution >= 0.6 is 0 Å². The van der Waals surface area contributed by atoms with Crippen LogP contribution in [0.15, 0.2) is 60.8 Å². The van der Waals surface area contributed by atoms with Gasteiger partial charge in [-0.1, -0.05) is 19.1 Å². The zero-order valence-corrected chi connectivity index (χ0v) is 21.4. The summed E-state index contributed by atoms with van der Waals surface area (Å²) in [5, 5.41) is 8.63. The number of benzene rings is 3. The van der Waals surface area contributed by atoms with E-state index < -0.39 is 0 Å². The maximum Gasteiger partial charge on any atom is 0.226 e. The predicted octanol–water partition coefficient (Wildman–Crippen LogP) is 6.51. The molecule has 0 spiro atoms. The Balaban J connectivity index is 1.47. The van der Waals surface area contributed by atoms with Crippen molar-refractivity contribution in [2.45, 2.75) is 59.6 Å². The molecule has 1 N–H and O–H groups in total. The first-order valence-electron chi connectivity index (χ1n) is 12.4. The third-order valence-corrected chi connectivity index (χ3v) is 7.42. The first-order valence-corrected chi connectivity index (χ1v) is 12.4. The van der Waals surface area contributed by atoms with Gasteiger partial charge in [-0.15, -0.1) is 0 Å². The second-order valence-corrected chi connectivity index (χ2v) is 10.4. The van der Waals surface area contributed by atoms with Crippen molar-refractivity contribution in [2.75, 3.05) is 0 Å². The van der Waals surface area contributed by atoms with Crippen LogP contribution < -0.4 is 10.1 Å². The van der Waals surface area contributed by atoms with Crippen LogP contribution in [0, 0.1) is 32.0 Å². The molecule has 36 heavy (non-hydrogen) atoms. The van der Waals surface area contributed by atoms with Gasteiger partial charge in [-0.2, -0.15) is 5.10 Å². The molecule has 0 radical (unpaired) electrons. The highest BCUT2D eigenvalue weighted by atomic mass is 19.1. The Morgan fingerprint density at radius 3 is 2.42 bits per heavy atom. The van der Waals surface area contributed by atoms with Crippen molar-refractivity contribution in [3.8, 4) is 11.4 Å². The average molecular weight is 486 g/mol. The normalized spacial score (nSPS) is 15.9.